The summed E-state index contributed by atoms with van der Waals surface area (Å²) in [5, 5.41) is 8.96. The highest BCUT2D eigenvalue weighted by atomic mass is 16.1. The number of allylic oxidation sites excluding steroid dienone is 1. The Bertz CT molecular complexity index is 902. The molecule has 2 nitrogen and oxygen atoms in total. The first kappa shape index (κ1) is 15.5. The van der Waals surface area contributed by atoms with Crippen molar-refractivity contribution < 1.29 is 4.79 Å². The van der Waals surface area contributed by atoms with E-state index in [2.05, 4.69) is 6.07 Å². The van der Waals surface area contributed by atoms with E-state index in [9.17, 15) is 4.79 Å². The molecule has 0 N–H and O–H groups in total. The molecule has 0 atom stereocenters. The zero-order valence-corrected chi connectivity index (χ0v) is 13.0. The number of ketones is 1. The lowest BCUT2D eigenvalue weighted by molar-refractivity contribution is 0.104. The van der Waals surface area contributed by atoms with E-state index >= 15 is 0 Å². The van der Waals surface area contributed by atoms with Crippen LogP contribution in [-0.2, 0) is 0 Å². The van der Waals surface area contributed by atoms with Gasteiger partial charge < -0.3 is 0 Å². The zero-order chi connectivity index (χ0) is 16.8. The maximum Gasteiger partial charge on any atom is 0.186 e. The van der Waals surface area contributed by atoms with Crippen LogP contribution in [0, 0.1) is 11.3 Å². The van der Waals surface area contributed by atoms with E-state index in [4.69, 9.17) is 5.26 Å². The van der Waals surface area contributed by atoms with Crippen molar-refractivity contribution in [2.75, 3.05) is 0 Å². The highest BCUT2D eigenvalue weighted by Crippen LogP contribution is 2.24. The van der Waals surface area contributed by atoms with Gasteiger partial charge in [-0.05, 0) is 34.9 Å². The molecule has 0 aromatic heterocycles. The maximum absolute atomic E-state index is 12.6. The predicted octanol–water partition coefficient (Wildman–Crippen LogP) is 4.87. The van der Waals surface area contributed by atoms with E-state index in [1.54, 1.807) is 30.3 Å². The number of hydrogen-bond donors (Lipinski definition) is 0. The fraction of sp³-hybridized carbons (Fsp3) is 0. The number of rotatable bonds is 4. The van der Waals surface area contributed by atoms with Crippen molar-refractivity contribution in [3.63, 3.8) is 0 Å². The minimum atomic E-state index is -0.0428. The molecule has 0 saturated heterocycles. The van der Waals surface area contributed by atoms with Crippen LogP contribution in [0.2, 0.25) is 0 Å². The second-order valence-electron chi connectivity index (χ2n) is 5.34. The van der Waals surface area contributed by atoms with E-state index in [1.165, 1.54) is 0 Å². The average molecular weight is 309 g/mol. The van der Waals surface area contributed by atoms with Gasteiger partial charge in [0, 0.05) is 5.56 Å². The van der Waals surface area contributed by atoms with Crippen LogP contribution in [0.1, 0.15) is 27.0 Å². The van der Waals surface area contributed by atoms with E-state index in [-0.39, 0.29) is 5.78 Å². The summed E-state index contributed by atoms with van der Waals surface area (Å²) < 4.78 is 0. The highest BCUT2D eigenvalue weighted by Gasteiger charge is 2.09. The SMILES string of the molecule is N#Cc1ccc(/C(=C\C(=O)c2ccccc2)c2ccccc2)cc1. The lowest BCUT2D eigenvalue weighted by Crippen LogP contribution is -1.97. The van der Waals surface area contributed by atoms with Gasteiger partial charge >= 0.3 is 0 Å². The Morgan fingerprint density at radius 3 is 1.75 bits per heavy atom. The summed E-state index contributed by atoms with van der Waals surface area (Å²) >= 11 is 0. The fourth-order valence-electron chi connectivity index (χ4n) is 2.49. The van der Waals surface area contributed by atoms with Crippen LogP contribution in [-0.4, -0.2) is 5.78 Å². The van der Waals surface area contributed by atoms with Crippen molar-refractivity contribution in [3.8, 4) is 6.07 Å². The molecule has 24 heavy (non-hydrogen) atoms. The van der Waals surface area contributed by atoms with Gasteiger partial charge in [0.1, 0.15) is 0 Å². The largest absolute Gasteiger partial charge is 0.289 e. The van der Waals surface area contributed by atoms with Crippen molar-refractivity contribution in [2.45, 2.75) is 0 Å². The molecular weight excluding hydrogens is 294 g/mol. The Kier molecular flexibility index (Phi) is 4.65. The Balaban J connectivity index is 2.07. The number of benzene rings is 3. The fourth-order valence-corrected chi connectivity index (χ4v) is 2.49. The van der Waals surface area contributed by atoms with E-state index < -0.39 is 0 Å². The Hall–Kier alpha value is -3.44. The first-order valence-electron chi connectivity index (χ1n) is 7.65. The molecular formula is C22H15NO. The zero-order valence-electron chi connectivity index (χ0n) is 13.0. The maximum atomic E-state index is 12.6. The summed E-state index contributed by atoms with van der Waals surface area (Å²) in [7, 11) is 0. The molecule has 0 radical (unpaired) electrons. The quantitative estimate of drug-likeness (QED) is 0.509. The molecule has 114 valence electrons. The van der Waals surface area contributed by atoms with Crippen LogP contribution in [0.15, 0.2) is 91.0 Å². The number of carbonyl (C=O) groups excluding carboxylic acids is 1. The molecule has 0 bridgehead atoms. The summed E-state index contributed by atoms with van der Waals surface area (Å²) in [6.07, 6.45) is 1.66. The Labute approximate surface area is 141 Å². The van der Waals surface area contributed by atoms with Crippen molar-refractivity contribution in [1.29, 1.82) is 5.26 Å². The first-order chi connectivity index (χ1) is 11.8. The lowest BCUT2D eigenvalue weighted by atomic mass is 9.95. The summed E-state index contributed by atoms with van der Waals surface area (Å²) in [5.74, 6) is -0.0428. The van der Waals surface area contributed by atoms with Crippen molar-refractivity contribution in [2.24, 2.45) is 0 Å². The van der Waals surface area contributed by atoms with E-state index in [1.807, 2.05) is 60.7 Å². The monoisotopic (exact) mass is 309 g/mol. The molecule has 3 aromatic rings. The Morgan fingerprint density at radius 2 is 1.21 bits per heavy atom. The highest BCUT2D eigenvalue weighted by molar-refractivity contribution is 6.10. The molecule has 0 aliphatic heterocycles. The summed E-state index contributed by atoms with van der Waals surface area (Å²) in [6, 6.07) is 28.4. The van der Waals surface area contributed by atoms with Gasteiger partial charge in [-0.15, -0.1) is 0 Å². The average Bonchev–Trinajstić information content (AvgIpc) is 2.67. The molecule has 0 unspecified atom stereocenters. The van der Waals surface area contributed by atoms with Crippen molar-refractivity contribution in [3.05, 3.63) is 113 Å². The van der Waals surface area contributed by atoms with Crippen LogP contribution in [0.5, 0.6) is 0 Å². The number of hydrogen-bond acceptors (Lipinski definition) is 2. The molecule has 0 amide bonds. The van der Waals surface area contributed by atoms with Gasteiger partial charge in [-0.1, -0.05) is 72.8 Å². The van der Waals surface area contributed by atoms with Gasteiger partial charge in [-0.25, -0.2) is 0 Å². The van der Waals surface area contributed by atoms with Crippen LogP contribution in [0.3, 0.4) is 0 Å². The minimum Gasteiger partial charge on any atom is -0.289 e. The molecule has 0 aliphatic carbocycles. The standard InChI is InChI=1S/C22H15NO/c23-16-17-11-13-19(14-12-17)21(18-7-3-1-4-8-18)15-22(24)20-9-5-2-6-10-20/h1-15H/b21-15-. The smallest absolute Gasteiger partial charge is 0.186 e. The third-order valence-corrected chi connectivity index (χ3v) is 3.74. The van der Waals surface area contributed by atoms with E-state index in [0.717, 1.165) is 16.7 Å². The minimum absolute atomic E-state index is 0.0428. The summed E-state index contributed by atoms with van der Waals surface area (Å²) in [6.45, 7) is 0. The van der Waals surface area contributed by atoms with Gasteiger partial charge in [-0.2, -0.15) is 5.26 Å². The van der Waals surface area contributed by atoms with Gasteiger partial charge in [0.15, 0.2) is 5.78 Å². The lowest BCUT2D eigenvalue weighted by Gasteiger charge is -2.09. The molecule has 0 aliphatic rings. The molecule has 3 rings (SSSR count). The predicted molar refractivity (Wildman–Crippen MR) is 95.5 cm³/mol. The molecule has 0 fully saturated rings. The summed E-state index contributed by atoms with van der Waals surface area (Å²) in [4.78, 5) is 12.6. The molecule has 2 heteroatoms. The second-order valence-corrected chi connectivity index (χ2v) is 5.34. The topological polar surface area (TPSA) is 40.9 Å². The van der Waals surface area contributed by atoms with Crippen molar-refractivity contribution in [1.82, 2.24) is 0 Å². The normalized spacial score (nSPS) is 10.9. The van der Waals surface area contributed by atoms with Crippen LogP contribution >= 0.6 is 0 Å². The van der Waals surface area contributed by atoms with Crippen LogP contribution in [0.4, 0.5) is 0 Å². The first-order valence-corrected chi connectivity index (χ1v) is 7.65. The second kappa shape index (κ2) is 7.21. The number of nitriles is 1. The number of carbonyl (C=O) groups is 1. The van der Waals surface area contributed by atoms with Crippen LogP contribution < -0.4 is 0 Å². The molecule has 0 spiro atoms. The summed E-state index contributed by atoms with van der Waals surface area (Å²) in [5.41, 5.74) is 3.96. The third kappa shape index (κ3) is 3.48. The van der Waals surface area contributed by atoms with E-state index in [0.29, 0.717) is 11.1 Å². The van der Waals surface area contributed by atoms with Crippen LogP contribution in [0.25, 0.3) is 5.57 Å². The molecule has 0 saturated carbocycles. The van der Waals surface area contributed by atoms with Crippen molar-refractivity contribution >= 4 is 11.4 Å². The van der Waals surface area contributed by atoms with Gasteiger partial charge in [0.25, 0.3) is 0 Å². The van der Waals surface area contributed by atoms with Gasteiger partial charge in [-0.3, -0.25) is 4.79 Å². The molecule has 3 aromatic carbocycles. The van der Waals surface area contributed by atoms with Gasteiger partial charge in [0.05, 0.1) is 11.6 Å². The Morgan fingerprint density at radius 1 is 0.708 bits per heavy atom. The number of nitrogens with zero attached hydrogens (tertiary/aromatic N) is 1. The third-order valence-electron chi connectivity index (χ3n) is 3.74. The molecule has 0 heterocycles. The van der Waals surface area contributed by atoms with Gasteiger partial charge in [0.2, 0.25) is 0 Å².